The minimum Gasteiger partial charge on any atom is -0.345 e. The number of rotatable bonds is 8. The Morgan fingerprint density at radius 1 is 1.03 bits per heavy atom. The van der Waals surface area contributed by atoms with Crippen LogP contribution in [-0.2, 0) is 11.3 Å². The highest BCUT2D eigenvalue weighted by atomic mass is 35.5. The van der Waals surface area contributed by atoms with Crippen molar-refractivity contribution in [3.05, 3.63) is 106 Å². The Balaban J connectivity index is 1.46. The minimum atomic E-state index is -0.0887. The standard InChI is InChI=1S/C28H29ClN2O2S/c1-19(2)16-25(21-6-4-3-5-7-21)30-27(33)22-10-12-23(13-11-22)28-31(26(32)18-34-28)17-20-8-14-24(29)15-9-20/h3-15,19,25,28H,16-18H2,1-2H3,(H,30,33)/t25-,28-/m1/s1. The number of hydrogen-bond donors (Lipinski definition) is 1. The van der Waals surface area contributed by atoms with Crippen LogP contribution in [0.2, 0.25) is 5.02 Å². The fourth-order valence-electron chi connectivity index (χ4n) is 4.16. The van der Waals surface area contributed by atoms with Gasteiger partial charge in [0.1, 0.15) is 5.37 Å². The Morgan fingerprint density at radius 2 is 1.71 bits per heavy atom. The Labute approximate surface area is 210 Å². The molecule has 6 heteroatoms. The molecule has 1 saturated heterocycles. The second-order valence-electron chi connectivity index (χ2n) is 9.00. The number of hydrogen-bond acceptors (Lipinski definition) is 3. The lowest BCUT2D eigenvalue weighted by atomic mass is 9.96. The molecule has 34 heavy (non-hydrogen) atoms. The summed E-state index contributed by atoms with van der Waals surface area (Å²) in [5.74, 6) is 0.936. The lowest BCUT2D eigenvalue weighted by Crippen LogP contribution is -2.29. The molecule has 176 valence electrons. The van der Waals surface area contributed by atoms with Crippen molar-refractivity contribution < 1.29 is 9.59 Å². The summed E-state index contributed by atoms with van der Waals surface area (Å²) in [4.78, 5) is 27.5. The molecule has 3 aromatic carbocycles. The van der Waals surface area contributed by atoms with Crippen molar-refractivity contribution in [3.63, 3.8) is 0 Å². The third kappa shape index (κ3) is 6.02. The summed E-state index contributed by atoms with van der Waals surface area (Å²) in [6.07, 6.45) is 0.869. The molecule has 1 N–H and O–H groups in total. The van der Waals surface area contributed by atoms with Gasteiger partial charge in [-0.2, -0.15) is 0 Å². The Hall–Kier alpha value is -2.76. The molecule has 3 aromatic rings. The summed E-state index contributed by atoms with van der Waals surface area (Å²) in [6.45, 7) is 4.85. The van der Waals surface area contributed by atoms with Gasteiger partial charge in [0, 0.05) is 17.1 Å². The maximum atomic E-state index is 13.0. The van der Waals surface area contributed by atoms with Crippen molar-refractivity contribution in [2.24, 2.45) is 5.92 Å². The van der Waals surface area contributed by atoms with Gasteiger partial charge >= 0.3 is 0 Å². The minimum absolute atomic E-state index is 0.0359. The van der Waals surface area contributed by atoms with Crippen LogP contribution in [0.25, 0.3) is 0 Å². The lowest BCUT2D eigenvalue weighted by molar-refractivity contribution is -0.128. The predicted octanol–water partition coefficient (Wildman–Crippen LogP) is 6.63. The smallest absolute Gasteiger partial charge is 0.251 e. The SMILES string of the molecule is CC(C)C[C@@H](NC(=O)c1ccc([C@H]2SCC(=O)N2Cc2ccc(Cl)cc2)cc1)c1ccccc1. The van der Waals surface area contributed by atoms with Gasteiger partial charge in [-0.25, -0.2) is 0 Å². The third-order valence-corrected chi connectivity index (χ3v) is 7.41. The van der Waals surface area contributed by atoms with E-state index >= 15 is 0 Å². The van der Waals surface area contributed by atoms with E-state index in [-0.39, 0.29) is 23.2 Å². The number of amides is 2. The molecule has 1 aliphatic heterocycles. The first-order valence-corrected chi connectivity index (χ1v) is 12.9. The van der Waals surface area contributed by atoms with Crippen LogP contribution in [0.3, 0.4) is 0 Å². The van der Waals surface area contributed by atoms with E-state index in [4.69, 9.17) is 11.6 Å². The molecule has 4 rings (SSSR count). The lowest BCUT2D eigenvalue weighted by Gasteiger charge is -2.25. The molecule has 2 amide bonds. The topological polar surface area (TPSA) is 49.4 Å². The van der Waals surface area contributed by atoms with E-state index in [1.54, 1.807) is 11.8 Å². The monoisotopic (exact) mass is 492 g/mol. The van der Waals surface area contributed by atoms with Crippen molar-refractivity contribution in [2.75, 3.05) is 5.75 Å². The van der Waals surface area contributed by atoms with Gasteiger partial charge < -0.3 is 10.2 Å². The predicted molar refractivity (Wildman–Crippen MR) is 140 cm³/mol. The molecule has 0 aliphatic carbocycles. The number of halogens is 1. The van der Waals surface area contributed by atoms with Crippen LogP contribution in [0.4, 0.5) is 0 Å². The van der Waals surface area contributed by atoms with Gasteiger partial charge in [-0.05, 0) is 53.3 Å². The van der Waals surface area contributed by atoms with E-state index in [9.17, 15) is 9.59 Å². The van der Waals surface area contributed by atoms with Crippen LogP contribution in [0.15, 0.2) is 78.9 Å². The van der Waals surface area contributed by atoms with Gasteiger partial charge in [-0.1, -0.05) is 80.0 Å². The Bertz CT molecular complexity index is 1120. The summed E-state index contributed by atoms with van der Waals surface area (Å²) < 4.78 is 0. The van der Waals surface area contributed by atoms with Gasteiger partial charge in [0.15, 0.2) is 0 Å². The number of benzene rings is 3. The van der Waals surface area contributed by atoms with Crippen LogP contribution in [-0.4, -0.2) is 22.5 Å². The van der Waals surface area contributed by atoms with Gasteiger partial charge in [-0.3, -0.25) is 9.59 Å². The maximum absolute atomic E-state index is 13.0. The molecular formula is C28H29ClN2O2S. The number of nitrogens with zero attached hydrogens (tertiary/aromatic N) is 1. The van der Waals surface area contributed by atoms with Crippen molar-refractivity contribution in [3.8, 4) is 0 Å². The van der Waals surface area contributed by atoms with Gasteiger partial charge in [0.05, 0.1) is 11.8 Å². The van der Waals surface area contributed by atoms with Crippen molar-refractivity contribution in [2.45, 2.75) is 38.2 Å². The number of nitrogens with one attached hydrogen (secondary N) is 1. The summed E-state index contributed by atoms with van der Waals surface area (Å²) >= 11 is 7.61. The molecule has 1 heterocycles. The summed E-state index contributed by atoms with van der Waals surface area (Å²) in [6, 6.07) is 25.3. The van der Waals surface area contributed by atoms with E-state index < -0.39 is 0 Å². The largest absolute Gasteiger partial charge is 0.345 e. The number of thioether (sulfide) groups is 1. The zero-order valence-corrected chi connectivity index (χ0v) is 21.0. The molecule has 0 bridgehead atoms. The van der Waals surface area contributed by atoms with Crippen LogP contribution in [0.1, 0.15) is 58.7 Å². The molecule has 1 aliphatic rings. The van der Waals surface area contributed by atoms with Crippen LogP contribution < -0.4 is 5.32 Å². The molecular weight excluding hydrogens is 464 g/mol. The van der Waals surface area contributed by atoms with Crippen molar-refractivity contribution in [1.82, 2.24) is 10.2 Å². The molecule has 2 atom stereocenters. The fourth-order valence-corrected chi connectivity index (χ4v) is 5.48. The zero-order valence-electron chi connectivity index (χ0n) is 19.4. The number of carbonyl (C=O) groups excluding carboxylic acids is 2. The quantitative estimate of drug-likeness (QED) is 0.384. The molecule has 0 saturated carbocycles. The highest BCUT2D eigenvalue weighted by Gasteiger charge is 2.32. The first-order valence-electron chi connectivity index (χ1n) is 11.5. The highest BCUT2D eigenvalue weighted by molar-refractivity contribution is 8.00. The third-order valence-electron chi connectivity index (χ3n) is 5.91. The van der Waals surface area contributed by atoms with E-state index in [1.807, 2.05) is 71.6 Å². The van der Waals surface area contributed by atoms with Crippen molar-refractivity contribution >= 4 is 35.2 Å². The zero-order chi connectivity index (χ0) is 24.1. The van der Waals surface area contributed by atoms with E-state index in [1.165, 1.54) is 0 Å². The molecule has 0 unspecified atom stereocenters. The molecule has 4 nitrogen and oxygen atoms in total. The average Bonchev–Trinajstić information content (AvgIpc) is 3.20. The van der Waals surface area contributed by atoms with Gasteiger partial charge in [-0.15, -0.1) is 11.8 Å². The fraction of sp³-hybridized carbons (Fsp3) is 0.286. The van der Waals surface area contributed by atoms with Crippen LogP contribution >= 0.6 is 23.4 Å². The summed E-state index contributed by atoms with van der Waals surface area (Å²) in [5, 5.41) is 3.81. The summed E-state index contributed by atoms with van der Waals surface area (Å²) in [5.41, 5.74) is 3.79. The second-order valence-corrected chi connectivity index (χ2v) is 10.5. The molecule has 0 spiro atoms. The van der Waals surface area contributed by atoms with E-state index in [0.717, 1.165) is 23.1 Å². The maximum Gasteiger partial charge on any atom is 0.251 e. The first kappa shape index (κ1) is 24.4. The first-order chi connectivity index (χ1) is 16.4. The average molecular weight is 493 g/mol. The van der Waals surface area contributed by atoms with Gasteiger partial charge in [0.2, 0.25) is 5.91 Å². The van der Waals surface area contributed by atoms with Crippen LogP contribution in [0.5, 0.6) is 0 Å². The highest BCUT2D eigenvalue weighted by Crippen LogP contribution is 2.39. The summed E-state index contributed by atoms with van der Waals surface area (Å²) in [7, 11) is 0. The number of carbonyl (C=O) groups is 2. The Kier molecular flexibility index (Phi) is 7.96. The molecule has 1 fully saturated rings. The van der Waals surface area contributed by atoms with E-state index in [2.05, 4.69) is 31.3 Å². The van der Waals surface area contributed by atoms with E-state index in [0.29, 0.717) is 28.8 Å². The molecule has 0 radical (unpaired) electrons. The Morgan fingerprint density at radius 3 is 2.35 bits per heavy atom. The van der Waals surface area contributed by atoms with Gasteiger partial charge in [0.25, 0.3) is 5.91 Å². The molecule has 0 aromatic heterocycles. The normalized spacial score (nSPS) is 16.6. The van der Waals surface area contributed by atoms with Crippen LogP contribution in [0, 0.1) is 5.92 Å². The van der Waals surface area contributed by atoms with Crippen molar-refractivity contribution in [1.29, 1.82) is 0 Å². The second kappa shape index (κ2) is 11.1.